The summed E-state index contributed by atoms with van der Waals surface area (Å²) < 4.78 is 23.7. The molecule has 0 saturated carbocycles. The quantitative estimate of drug-likeness (QED) is 0.289. The van der Waals surface area contributed by atoms with Gasteiger partial charge >= 0.3 is 5.97 Å². The Morgan fingerprint density at radius 2 is 1.62 bits per heavy atom. The third-order valence-electron chi connectivity index (χ3n) is 6.74. The van der Waals surface area contributed by atoms with Gasteiger partial charge in [-0.15, -0.1) is 0 Å². The van der Waals surface area contributed by atoms with Crippen LogP contribution in [0.25, 0.3) is 22.0 Å². The molecular formula is C30H34N2O7. The highest BCUT2D eigenvalue weighted by atomic mass is 16.5. The summed E-state index contributed by atoms with van der Waals surface area (Å²) in [6, 6.07) is 10.3. The second-order valence-corrected chi connectivity index (χ2v) is 9.84. The number of hydrogen-bond acceptors (Lipinski definition) is 8. The van der Waals surface area contributed by atoms with E-state index < -0.39 is 12.0 Å². The summed E-state index contributed by atoms with van der Waals surface area (Å²) in [6.45, 7) is 4.47. The number of ether oxygens (including phenoxy) is 4. The van der Waals surface area contributed by atoms with Gasteiger partial charge in [-0.2, -0.15) is 0 Å². The molecule has 2 aromatic carbocycles. The van der Waals surface area contributed by atoms with Crippen LogP contribution in [-0.4, -0.2) is 56.1 Å². The number of nitrogens with two attached hydrogens (primary N) is 1. The van der Waals surface area contributed by atoms with Crippen LogP contribution in [0.2, 0.25) is 0 Å². The van der Waals surface area contributed by atoms with Gasteiger partial charge in [0.1, 0.15) is 12.6 Å². The van der Waals surface area contributed by atoms with E-state index in [1.807, 2.05) is 48.9 Å². The molecule has 4 rings (SSSR count). The number of rotatable bonds is 11. The lowest BCUT2D eigenvalue weighted by Gasteiger charge is -2.15. The van der Waals surface area contributed by atoms with E-state index in [0.717, 1.165) is 10.9 Å². The minimum Gasteiger partial charge on any atom is -0.493 e. The van der Waals surface area contributed by atoms with Crippen molar-refractivity contribution >= 4 is 39.6 Å². The number of aromatic nitrogens is 1. The van der Waals surface area contributed by atoms with Crippen molar-refractivity contribution in [3.8, 4) is 17.2 Å². The normalized spacial score (nSPS) is 14.3. The van der Waals surface area contributed by atoms with E-state index >= 15 is 0 Å². The van der Waals surface area contributed by atoms with Crippen molar-refractivity contribution in [2.24, 2.45) is 11.7 Å². The van der Waals surface area contributed by atoms with Crippen LogP contribution in [0.3, 0.4) is 0 Å². The standard InChI is InChI=1S/C30H34N2O7/c1-17(2)12-21(31)30(35)39-11-10-32-16-20(19-8-6-7-9-22(19)32)28-24(34)15-23(33)27(28)18-13-25(36-3)29(38-5)26(14-18)37-4/h6-9,13-14,16-17,21H,10-12,15,31H2,1-5H3. The zero-order valence-electron chi connectivity index (χ0n) is 22.9. The van der Waals surface area contributed by atoms with Gasteiger partial charge in [0.15, 0.2) is 23.1 Å². The molecule has 206 valence electrons. The van der Waals surface area contributed by atoms with Crippen molar-refractivity contribution in [1.82, 2.24) is 4.57 Å². The van der Waals surface area contributed by atoms with Crippen LogP contribution in [0.5, 0.6) is 17.2 Å². The number of carbonyl (C=O) groups excluding carboxylic acids is 3. The zero-order chi connectivity index (χ0) is 28.3. The van der Waals surface area contributed by atoms with Gasteiger partial charge in [0, 0.05) is 33.8 Å². The van der Waals surface area contributed by atoms with Crippen molar-refractivity contribution in [3.63, 3.8) is 0 Å². The monoisotopic (exact) mass is 534 g/mol. The molecule has 9 heteroatoms. The van der Waals surface area contributed by atoms with Crippen LogP contribution in [0.15, 0.2) is 42.6 Å². The first kappa shape index (κ1) is 27.9. The summed E-state index contributed by atoms with van der Waals surface area (Å²) in [5.41, 5.74) is 8.56. The molecule has 1 unspecified atom stereocenters. The number of methoxy groups -OCH3 is 3. The Labute approximate surface area is 227 Å². The number of nitrogens with zero attached hydrogens (tertiary/aromatic N) is 1. The third kappa shape index (κ3) is 5.54. The molecule has 0 fully saturated rings. The number of hydrogen-bond donors (Lipinski definition) is 1. The smallest absolute Gasteiger partial charge is 0.322 e. The molecule has 39 heavy (non-hydrogen) atoms. The maximum Gasteiger partial charge on any atom is 0.322 e. The maximum absolute atomic E-state index is 13.3. The van der Waals surface area contributed by atoms with Crippen LogP contribution in [0.4, 0.5) is 0 Å². The summed E-state index contributed by atoms with van der Waals surface area (Å²) in [5.74, 6) is 0.443. The number of para-hydroxylation sites is 1. The molecule has 9 nitrogen and oxygen atoms in total. The molecule has 0 amide bonds. The largest absolute Gasteiger partial charge is 0.493 e. The number of allylic oxidation sites excluding steroid dienone is 2. The molecule has 0 radical (unpaired) electrons. The lowest BCUT2D eigenvalue weighted by Crippen LogP contribution is -2.34. The Bertz CT molecular complexity index is 1430. The van der Waals surface area contributed by atoms with E-state index in [9.17, 15) is 14.4 Å². The fourth-order valence-corrected chi connectivity index (χ4v) is 5.00. The van der Waals surface area contributed by atoms with Crippen molar-refractivity contribution < 1.29 is 33.3 Å². The summed E-state index contributed by atoms with van der Waals surface area (Å²) in [7, 11) is 4.49. The van der Waals surface area contributed by atoms with Crippen molar-refractivity contribution in [1.29, 1.82) is 0 Å². The molecule has 0 aliphatic heterocycles. The minimum absolute atomic E-state index is 0.119. The van der Waals surface area contributed by atoms with E-state index in [4.69, 9.17) is 24.7 Å². The molecular weight excluding hydrogens is 500 g/mol. The predicted molar refractivity (Wildman–Crippen MR) is 148 cm³/mol. The van der Waals surface area contributed by atoms with E-state index in [0.29, 0.717) is 52.5 Å². The van der Waals surface area contributed by atoms with Gasteiger partial charge in [0.05, 0.1) is 34.3 Å². The summed E-state index contributed by atoms with van der Waals surface area (Å²) in [6.07, 6.45) is 2.14. The van der Waals surface area contributed by atoms with Gasteiger partial charge < -0.3 is 29.2 Å². The highest BCUT2D eigenvalue weighted by molar-refractivity contribution is 6.51. The average molecular weight is 535 g/mol. The second kappa shape index (κ2) is 11.7. The first-order chi connectivity index (χ1) is 18.7. The number of esters is 1. The van der Waals surface area contributed by atoms with Crippen LogP contribution >= 0.6 is 0 Å². The molecule has 1 aromatic heterocycles. The topological polar surface area (TPSA) is 119 Å². The number of ketones is 2. The van der Waals surface area contributed by atoms with E-state index in [2.05, 4.69) is 0 Å². The third-order valence-corrected chi connectivity index (χ3v) is 6.74. The Hall–Kier alpha value is -4.11. The Kier molecular flexibility index (Phi) is 8.40. The fourth-order valence-electron chi connectivity index (χ4n) is 5.00. The van der Waals surface area contributed by atoms with Crippen LogP contribution in [0.1, 0.15) is 37.8 Å². The molecule has 1 heterocycles. The molecule has 1 atom stereocenters. The van der Waals surface area contributed by atoms with Gasteiger partial charge in [-0.05, 0) is 36.1 Å². The first-order valence-electron chi connectivity index (χ1n) is 12.8. The Morgan fingerprint density at radius 1 is 0.974 bits per heavy atom. The average Bonchev–Trinajstić information content (AvgIpc) is 3.42. The van der Waals surface area contributed by atoms with Gasteiger partial charge in [-0.25, -0.2) is 0 Å². The highest BCUT2D eigenvalue weighted by Gasteiger charge is 2.35. The number of Topliss-reactive ketones (excluding diaryl/α,β-unsaturated/α-hetero) is 2. The van der Waals surface area contributed by atoms with Gasteiger partial charge in [0.25, 0.3) is 0 Å². The summed E-state index contributed by atoms with van der Waals surface area (Å²) >= 11 is 0. The van der Waals surface area contributed by atoms with E-state index in [1.165, 1.54) is 21.3 Å². The Morgan fingerprint density at radius 3 is 2.23 bits per heavy atom. The van der Waals surface area contributed by atoms with Gasteiger partial charge in [-0.1, -0.05) is 32.0 Å². The molecule has 0 saturated heterocycles. The molecule has 0 spiro atoms. The SMILES string of the molecule is COc1cc(C2=C(c3cn(CCOC(=O)C(N)CC(C)C)c4ccccc34)C(=O)CC2=O)cc(OC)c1OC. The number of benzene rings is 2. The molecule has 0 bridgehead atoms. The first-order valence-corrected chi connectivity index (χ1v) is 12.8. The molecule has 1 aliphatic carbocycles. The van der Waals surface area contributed by atoms with Gasteiger partial charge in [-0.3, -0.25) is 14.4 Å². The van der Waals surface area contributed by atoms with Crippen LogP contribution in [-0.2, 0) is 25.7 Å². The molecule has 1 aliphatic rings. The number of fused-ring (bicyclic) bond motifs is 1. The lowest BCUT2D eigenvalue weighted by molar-refractivity contribution is -0.145. The number of carbonyl (C=O) groups is 3. The summed E-state index contributed by atoms with van der Waals surface area (Å²) in [4.78, 5) is 38.7. The van der Waals surface area contributed by atoms with Gasteiger partial charge in [0.2, 0.25) is 5.75 Å². The van der Waals surface area contributed by atoms with E-state index in [-0.39, 0.29) is 30.5 Å². The molecule has 3 aromatic rings. The summed E-state index contributed by atoms with van der Waals surface area (Å²) in [5, 5.41) is 0.809. The minimum atomic E-state index is -0.671. The molecule has 2 N–H and O–H groups in total. The van der Waals surface area contributed by atoms with E-state index in [1.54, 1.807) is 12.1 Å². The lowest BCUT2D eigenvalue weighted by atomic mass is 9.95. The van der Waals surface area contributed by atoms with Crippen LogP contribution < -0.4 is 19.9 Å². The maximum atomic E-state index is 13.3. The predicted octanol–water partition coefficient (Wildman–Crippen LogP) is 4.04. The Balaban J connectivity index is 1.76. The second-order valence-electron chi connectivity index (χ2n) is 9.84. The fraction of sp³-hybridized carbons (Fsp3) is 0.367. The zero-order valence-corrected chi connectivity index (χ0v) is 22.9. The highest BCUT2D eigenvalue weighted by Crippen LogP contribution is 2.44. The van der Waals surface area contributed by atoms with Crippen LogP contribution in [0, 0.1) is 5.92 Å². The van der Waals surface area contributed by atoms with Crippen molar-refractivity contribution in [2.75, 3.05) is 27.9 Å². The van der Waals surface area contributed by atoms with Crippen molar-refractivity contribution in [3.05, 3.63) is 53.7 Å². The van der Waals surface area contributed by atoms with Crippen molar-refractivity contribution in [2.45, 2.75) is 39.3 Å².